The predicted octanol–water partition coefficient (Wildman–Crippen LogP) is 13.4. The molecule has 0 aliphatic carbocycles. The van der Waals surface area contributed by atoms with Crippen LogP contribution in [0.15, 0.2) is 176 Å². The van der Waals surface area contributed by atoms with Crippen molar-refractivity contribution < 1.29 is 0 Å². The topological polar surface area (TPSA) is 6.48 Å². The molecule has 7 aromatic rings. The number of para-hydroxylation sites is 2. The molecule has 2 heteroatoms. The van der Waals surface area contributed by atoms with Crippen LogP contribution in [0.5, 0.6) is 0 Å². The van der Waals surface area contributed by atoms with Crippen LogP contribution in [0.25, 0.3) is 23.3 Å². The fourth-order valence-corrected chi connectivity index (χ4v) is 6.41. The maximum Gasteiger partial charge on any atom is 0.0466 e. The number of hydrogen-bond acceptors (Lipinski definition) is 2. The summed E-state index contributed by atoms with van der Waals surface area (Å²) in [6, 6.07) is 62.9. The number of rotatable bonds is 9. The zero-order chi connectivity index (χ0) is 33.6. The highest BCUT2D eigenvalue weighted by atomic mass is 15.1. The predicted molar refractivity (Wildman–Crippen MR) is 211 cm³/mol. The largest absolute Gasteiger partial charge is 0.311 e. The van der Waals surface area contributed by atoms with Crippen molar-refractivity contribution in [2.24, 2.45) is 0 Å². The number of benzene rings is 7. The molecule has 0 aromatic heterocycles. The maximum atomic E-state index is 2.34. The lowest BCUT2D eigenvalue weighted by Gasteiger charge is -2.26. The maximum absolute atomic E-state index is 2.34. The summed E-state index contributed by atoms with van der Waals surface area (Å²) in [5.41, 5.74) is 15.3. The fourth-order valence-electron chi connectivity index (χ4n) is 6.41. The van der Waals surface area contributed by atoms with Gasteiger partial charge in [0.05, 0.1) is 0 Å². The summed E-state index contributed by atoms with van der Waals surface area (Å²) in [5, 5.41) is 0. The minimum Gasteiger partial charge on any atom is -0.311 e. The van der Waals surface area contributed by atoms with Crippen molar-refractivity contribution in [2.75, 3.05) is 9.80 Å². The molecule has 0 unspecified atom stereocenters. The summed E-state index contributed by atoms with van der Waals surface area (Å²) in [4.78, 5) is 4.63. The first-order valence-corrected chi connectivity index (χ1v) is 16.8. The Hall–Kier alpha value is -6.12. The number of anilines is 6. The molecular weight excluding hydrogens is 593 g/mol. The Labute approximate surface area is 290 Å². The van der Waals surface area contributed by atoms with Crippen LogP contribution in [-0.4, -0.2) is 0 Å². The number of aryl methyl sites for hydroxylation is 3. The summed E-state index contributed by atoms with van der Waals surface area (Å²) in [6.07, 6.45) is 4.37. The molecule has 2 nitrogen and oxygen atoms in total. The molecule has 0 amide bonds. The molecule has 0 aliphatic rings. The van der Waals surface area contributed by atoms with Gasteiger partial charge in [0.25, 0.3) is 0 Å². The van der Waals surface area contributed by atoms with Gasteiger partial charge in [-0.25, -0.2) is 0 Å². The summed E-state index contributed by atoms with van der Waals surface area (Å²) < 4.78 is 0. The van der Waals surface area contributed by atoms with Crippen LogP contribution < -0.4 is 9.80 Å². The van der Waals surface area contributed by atoms with Crippen LogP contribution in [-0.2, 0) is 0 Å². The van der Waals surface area contributed by atoms with Crippen LogP contribution in [0.2, 0.25) is 0 Å². The van der Waals surface area contributed by atoms with E-state index >= 15 is 0 Å². The van der Waals surface area contributed by atoms with Crippen LogP contribution in [0.4, 0.5) is 34.1 Å². The molecule has 0 radical (unpaired) electrons. The first-order valence-electron chi connectivity index (χ1n) is 16.8. The Morgan fingerprint density at radius 2 is 0.694 bits per heavy atom. The molecule has 0 aliphatic heterocycles. The third-order valence-electron chi connectivity index (χ3n) is 8.74. The van der Waals surface area contributed by atoms with Crippen molar-refractivity contribution in [3.05, 3.63) is 204 Å². The highest BCUT2D eigenvalue weighted by Crippen LogP contribution is 2.37. The SMILES string of the molecule is Cc1cccc(N(c2ccc(/C=C/c3ccc(-c4ccc(N(c5ccccc5)c5ccccc5)cc4)cc3)cc2)c2cc(C)cc(C)c2)c1. The number of nitrogens with zero attached hydrogens (tertiary/aromatic N) is 2. The molecule has 0 N–H and O–H groups in total. The highest BCUT2D eigenvalue weighted by molar-refractivity contribution is 5.80. The van der Waals surface area contributed by atoms with E-state index in [4.69, 9.17) is 0 Å². The lowest BCUT2D eigenvalue weighted by Crippen LogP contribution is -2.10. The van der Waals surface area contributed by atoms with Crippen molar-refractivity contribution >= 4 is 46.3 Å². The smallest absolute Gasteiger partial charge is 0.0466 e. The monoisotopic (exact) mass is 632 g/mol. The average Bonchev–Trinajstić information content (AvgIpc) is 3.13. The third kappa shape index (κ3) is 7.40. The lowest BCUT2D eigenvalue weighted by atomic mass is 10.0. The minimum absolute atomic E-state index is 1.13. The molecular formula is C47H40N2. The van der Waals surface area contributed by atoms with Crippen LogP contribution in [0, 0.1) is 20.8 Å². The quantitative estimate of drug-likeness (QED) is 0.146. The van der Waals surface area contributed by atoms with Gasteiger partial charge in [-0.2, -0.15) is 0 Å². The Kier molecular flexibility index (Phi) is 9.21. The molecule has 0 saturated carbocycles. The average molecular weight is 633 g/mol. The van der Waals surface area contributed by atoms with E-state index < -0.39 is 0 Å². The van der Waals surface area contributed by atoms with Gasteiger partial charge in [0.15, 0.2) is 0 Å². The van der Waals surface area contributed by atoms with Gasteiger partial charge in [-0.1, -0.05) is 115 Å². The summed E-state index contributed by atoms with van der Waals surface area (Å²) in [7, 11) is 0. The molecule has 238 valence electrons. The van der Waals surface area contributed by atoms with E-state index in [1.165, 1.54) is 39.1 Å². The highest BCUT2D eigenvalue weighted by Gasteiger charge is 2.14. The Balaban J connectivity index is 1.08. The molecule has 0 saturated heterocycles. The molecule has 7 aromatic carbocycles. The Morgan fingerprint density at radius 1 is 0.306 bits per heavy atom. The summed E-state index contributed by atoms with van der Waals surface area (Å²) >= 11 is 0. The van der Waals surface area contributed by atoms with Gasteiger partial charge in [-0.15, -0.1) is 0 Å². The fraction of sp³-hybridized carbons (Fsp3) is 0.0638. The van der Waals surface area contributed by atoms with Crippen molar-refractivity contribution in [3.8, 4) is 11.1 Å². The second-order valence-corrected chi connectivity index (χ2v) is 12.6. The minimum atomic E-state index is 1.13. The summed E-state index contributed by atoms with van der Waals surface area (Å²) in [6.45, 7) is 6.47. The van der Waals surface area contributed by atoms with Crippen molar-refractivity contribution in [2.45, 2.75) is 20.8 Å². The van der Waals surface area contributed by atoms with Gasteiger partial charge in [-0.05, 0) is 133 Å². The van der Waals surface area contributed by atoms with Gasteiger partial charge >= 0.3 is 0 Å². The van der Waals surface area contributed by atoms with Crippen LogP contribution in [0.1, 0.15) is 27.8 Å². The van der Waals surface area contributed by atoms with Crippen molar-refractivity contribution in [1.29, 1.82) is 0 Å². The van der Waals surface area contributed by atoms with E-state index in [1.54, 1.807) is 0 Å². The van der Waals surface area contributed by atoms with Crippen molar-refractivity contribution in [1.82, 2.24) is 0 Å². The molecule has 0 atom stereocenters. The zero-order valence-electron chi connectivity index (χ0n) is 28.3. The third-order valence-corrected chi connectivity index (χ3v) is 8.74. The van der Waals surface area contributed by atoms with Crippen molar-refractivity contribution in [3.63, 3.8) is 0 Å². The van der Waals surface area contributed by atoms with E-state index in [2.05, 4.69) is 219 Å². The Morgan fingerprint density at radius 3 is 1.20 bits per heavy atom. The lowest BCUT2D eigenvalue weighted by molar-refractivity contribution is 1.24. The van der Waals surface area contributed by atoms with Gasteiger partial charge in [-0.3, -0.25) is 0 Å². The number of hydrogen-bond donors (Lipinski definition) is 0. The molecule has 0 bridgehead atoms. The molecule has 0 fully saturated rings. The van der Waals surface area contributed by atoms with Gasteiger partial charge < -0.3 is 9.80 Å². The zero-order valence-corrected chi connectivity index (χ0v) is 28.3. The van der Waals surface area contributed by atoms with E-state index in [0.29, 0.717) is 0 Å². The summed E-state index contributed by atoms with van der Waals surface area (Å²) in [5.74, 6) is 0. The second kappa shape index (κ2) is 14.3. The normalized spacial score (nSPS) is 11.1. The van der Waals surface area contributed by atoms with Gasteiger partial charge in [0.2, 0.25) is 0 Å². The van der Waals surface area contributed by atoms with E-state index in [0.717, 1.165) is 34.0 Å². The van der Waals surface area contributed by atoms with Crippen LogP contribution >= 0.6 is 0 Å². The molecule has 0 spiro atoms. The Bertz CT molecular complexity index is 2100. The van der Waals surface area contributed by atoms with Gasteiger partial charge in [0, 0.05) is 34.1 Å². The standard InChI is InChI=1S/C47H40N2/c1-35-11-10-16-46(32-35)49(47-33-36(2)31-37(3)34-47)44-27-21-39(22-28-44)18-17-38-19-23-40(24-20-38)41-25-29-45(30-26-41)48(42-12-6-4-7-13-42)43-14-8-5-9-15-43/h4-34H,1-3H3/b18-17+. The first-order chi connectivity index (χ1) is 24.0. The molecule has 0 heterocycles. The van der Waals surface area contributed by atoms with E-state index in [-0.39, 0.29) is 0 Å². The first kappa shape index (κ1) is 31.5. The van der Waals surface area contributed by atoms with Gasteiger partial charge in [0.1, 0.15) is 0 Å². The van der Waals surface area contributed by atoms with Crippen LogP contribution in [0.3, 0.4) is 0 Å². The second-order valence-electron chi connectivity index (χ2n) is 12.6. The molecule has 49 heavy (non-hydrogen) atoms. The molecule has 7 rings (SSSR count). The van der Waals surface area contributed by atoms with E-state index in [9.17, 15) is 0 Å². The van der Waals surface area contributed by atoms with E-state index in [1.807, 2.05) is 0 Å².